The minimum atomic E-state index is -0.921. The number of carbonyl (C=O) groups is 1. The van der Waals surface area contributed by atoms with Gasteiger partial charge in [-0.05, 0) is 60.0 Å². The number of carboxylic acids is 1. The van der Waals surface area contributed by atoms with Crippen LogP contribution in [0.25, 0.3) is 0 Å². The Kier molecular flexibility index (Phi) is 7.71. The van der Waals surface area contributed by atoms with Crippen LogP contribution in [0.2, 0.25) is 5.02 Å². The predicted molar refractivity (Wildman–Crippen MR) is 117 cm³/mol. The van der Waals surface area contributed by atoms with Crippen LogP contribution in [-0.4, -0.2) is 17.7 Å². The van der Waals surface area contributed by atoms with E-state index in [0.29, 0.717) is 42.8 Å². The highest BCUT2D eigenvalue weighted by Gasteiger charge is 2.08. The monoisotopic (exact) mass is 425 g/mol. The van der Waals surface area contributed by atoms with Crippen molar-refractivity contribution in [3.8, 4) is 11.5 Å². The topological polar surface area (TPSA) is 67.8 Å². The van der Waals surface area contributed by atoms with Gasteiger partial charge in [0, 0.05) is 18.1 Å². The number of hydrogen-bond acceptors (Lipinski definition) is 4. The highest BCUT2D eigenvalue weighted by Crippen LogP contribution is 2.29. The molecule has 5 nitrogen and oxygen atoms in total. The van der Waals surface area contributed by atoms with E-state index in [1.54, 1.807) is 12.1 Å². The van der Waals surface area contributed by atoms with Crippen molar-refractivity contribution in [1.29, 1.82) is 0 Å². The van der Waals surface area contributed by atoms with Gasteiger partial charge in [0.15, 0.2) is 11.5 Å². The first-order valence-corrected chi connectivity index (χ1v) is 10.1. The normalized spacial score (nSPS) is 10.6. The fraction of sp³-hybridized carbons (Fsp3) is 0.208. The average Bonchev–Trinajstić information content (AvgIpc) is 2.74. The van der Waals surface area contributed by atoms with Crippen LogP contribution in [0, 0.1) is 0 Å². The summed E-state index contributed by atoms with van der Waals surface area (Å²) in [6, 6.07) is 20.3. The number of nitrogens with one attached hydrogen (secondary N) is 1. The average molecular weight is 426 g/mol. The van der Waals surface area contributed by atoms with Crippen molar-refractivity contribution in [3.05, 3.63) is 94.0 Å². The Morgan fingerprint density at radius 3 is 2.33 bits per heavy atom. The van der Waals surface area contributed by atoms with E-state index in [2.05, 4.69) is 5.32 Å². The SMILES string of the molecule is CCOc1cc(CNCc2ccc(C(=O)O)cc2)ccc1OCc1cccc(Cl)c1. The summed E-state index contributed by atoms with van der Waals surface area (Å²) < 4.78 is 11.7. The van der Waals surface area contributed by atoms with Gasteiger partial charge in [-0.2, -0.15) is 0 Å². The molecule has 3 aromatic rings. The number of hydrogen-bond donors (Lipinski definition) is 2. The summed E-state index contributed by atoms with van der Waals surface area (Å²) in [6.07, 6.45) is 0. The van der Waals surface area contributed by atoms with Gasteiger partial charge < -0.3 is 19.9 Å². The molecular weight excluding hydrogens is 402 g/mol. The third kappa shape index (κ3) is 6.24. The molecule has 0 bridgehead atoms. The van der Waals surface area contributed by atoms with Crippen LogP contribution in [0.3, 0.4) is 0 Å². The van der Waals surface area contributed by atoms with E-state index in [4.69, 9.17) is 26.2 Å². The first-order valence-electron chi connectivity index (χ1n) is 9.71. The van der Waals surface area contributed by atoms with E-state index >= 15 is 0 Å². The van der Waals surface area contributed by atoms with Crippen LogP contribution in [-0.2, 0) is 19.7 Å². The van der Waals surface area contributed by atoms with Gasteiger partial charge in [-0.1, -0.05) is 41.9 Å². The maximum Gasteiger partial charge on any atom is 0.335 e. The van der Waals surface area contributed by atoms with Gasteiger partial charge in [-0.3, -0.25) is 0 Å². The second kappa shape index (κ2) is 10.7. The molecule has 0 unspecified atom stereocenters. The molecule has 0 aliphatic carbocycles. The van der Waals surface area contributed by atoms with Crippen LogP contribution < -0.4 is 14.8 Å². The summed E-state index contributed by atoms with van der Waals surface area (Å²) in [4.78, 5) is 10.9. The number of rotatable bonds is 10. The molecule has 30 heavy (non-hydrogen) atoms. The first kappa shape index (κ1) is 21.7. The summed E-state index contributed by atoms with van der Waals surface area (Å²) in [5, 5.41) is 13.0. The Hall–Kier alpha value is -3.02. The van der Waals surface area contributed by atoms with Crippen molar-refractivity contribution in [2.45, 2.75) is 26.6 Å². The van der Waals surface area contributed by atoms with Crippen LogP contribution >= 0.6 is 11.6 Å². The maximum absolute atomic E-state index is 10.9. The molecular formula is C24H24ClNO4. The highest BCUT2D eigenvalue weighted by atomic mass is 35.5. The van der Waals surface area contributed by atoms with Gasteiger partial charge in [0.2, 0.25) is 0 Å². The molecule has 0 aliphatic rings. The standard InChI is InChI=1S/C24H24ClNO4/c1-2-29-23-13-18(15-26-14-17-6-9-20(10-7-17)24(27)28)8-11-22(23)30-16-19-4-3-5-21(25)12-19/h3-13,26H,2,14-16H2,1H3,(H,27,28). The number of halogens is 1. The zero-order valence-electron chi connectivity index (χ0n) is 16.7. The molecule has 0 radical (unpaired) electrons. The van der Waals surface area contributed by atoms with Crippen LogP contribution in [0.4, 0.5) is 0 Å². The van der Waals surface area contributed by atoms with E-state index in [9.17, 15) is 4.79 Å². The van der Waals surface area contributed by atoms with Crippen molar-refractivity contribution < 1.29 is 19.4 Å². The molecule has 2 N–H and O–H groups in total. The molecule has 0 saturated carbocycles. The molecule has 0 spiro atoms. The van der Waals surface area contributed by atoms with Crippen molar-refractivity contribution >= 4 is 17.6 Å². The van der Waals surface area contributed by atoms with Gasteiger partial charge in [0.1, 0.15) is 6.61 Å². The summed E-state index contributed by atoms with van der Waals surface area (Å²) in [5.74, 6) is 0.463. The Labute approximate surface area is 181 Å². The Bertz CT molecular complexity index is 989. The van der Waals surface area contributed by atoms with Crippen molar-refractivity contribution in [2.75, 3.05) is 6.61 Å². The van der Waals surface area contributed by atoms with Crippen LogP contribution in [0.5, 0.6) is 11.5 Å². The molecule has 3 rings (SSSR count). The van der Waals surface area contributed by atoms with E-state index in [-0.39, 0.29) is 5.56 Å². The lowest BCUT2D eigenvalue weighted by Crippen LogP contribution is -2.13. The summed E-state index contributed by atoms with van der Waals surface area (Å²) in [5.41, 5.74) is 3.36. The van der Waals surface area contributed by atoms with Crippen LogP contribution in [0.15, 0.2) is 66.7 Å². The molecule has 0 saturated heterocycles. The molecule has 0 atom stereocenters. The third-order valence-electron chi connectivity index (χ3n) is 4.45. The van der Waals surface area contributed by atoms with Crippen molar-refractivity contribution in [3.63, 3.8) is 0 Å². The second-order valence-electron chi connectivity index (χ2n) is 6.74. The number of carboxylic acid groups (broad SMARTS) is 1. The summed E-state index contributed by atoms with van der Waals surface area (Å²) >= 11 is 6.03. The molecule has 3 aromatic carbocycles. The smallest absolute Gasteiger partial charge is 0.335 e. The largest absolute Gasteiger partial charge is 0.490 e. The Balaban J connectivity index is 1.59. The fourth-order valence-electron chi connectivity index (χ4n) is 2.95. The quantitative estimate of drug-likeness (QED) is 0.461. The first-order chi connectivity index (χ1) is 14.5. The van der Waals surface area contributed by atoms with E-state index in [0.717, 1.165) is 16.7 Å². The third-order valence-corrected chi connectivity index (χ3v) is 4.69. The molecule has 0 aliphatic heterocycles. The molecule has 0 fully saturated rings. The lowest BCUT2D eigenvalue weighted by atomic mass is 10.1. The lowest BCUT2D eigenvalue weighted by Gasteiger charge is -2.14. The van der Waals surface area contributed by atoms with Gasteiger partial charge in [-0.25, -0.2) is 4.79 Å². The summed E-state index contributed by atoms with van der Waals surface area (Å²) in [6.45, 7) is 4.17. The van der Waals surface area contributed by atoms with Gasteiger partial charge >= 0.3 is 5.97 Å². The van der Waals surface area contributed by atoms with Gasteiger partial charge in [-0.15, -0.1) is 0 Å². The minimum Gasteiger partial charge on any atom is -0.490 e. The van der Waals surface area contributed by atoms with E-state index in [1.165, 1.54) is 0 Å². The molecule has 6 heteroatoms. The molecule has 156 valence electrons. The lowest BCUT2D eigenvalue weighted by molar-refractivity contribution is 0.0697. The predicted octanol–water partition coefficient (Wildman–Crippen LogP) is 5.31. The number of aromatic carboxylic acids is 1. The van der Waals surface area contributed by atoms with Crippen molar-refractivity contribution in [1.82, 2.24) is 5.32 Å². The van der Waals surface area contributed by atoms with Crippen molar-refractivity contribution in [2.24, 2.45) is 0 Å². The molecule has 0 amide bonds. The summed E-state index contributed by atoms with van der Waals surface area (Å²) in [7, 11) is 0. The Morgan fingerprint density at radius 1 is 0.900 bits per heavy atom. The molecule has 0 heterocycles. The minimum absolute atomic E-state index is 0.286. The van der Waals surface area contributed by atoms with E-state index in [1.807, 2.05) is 61.5 Å². The maximum atomic E-state index is 10.9. The Morgan fingerprint density at radius 2 is 1.63 bits per heavy atom. The fourth-order valence-corrected chi connectivity index (χ4v) is 3.17. The zero-order chi connectivity index (χ0) is 21.3. The highest BCUT2D eigenvalue weighted by molar-refractivity contribution is 6.30. The number of benzene rings is 3. The van der Waals surface area contributed by atoms with Gasteiger partial charge in [0.05, 0.1) is 12.2 Å². The van der Waals surface area contributed by atoms with Gasteiger partial charge in [0.25, 0.3) is 0 Å². The number of ether oxygens (including phenoxy) is 2. The van der Waals surface area contributed by atoms with Crippen LogP contribution in [0.1, 0.15) is 34.0 Å². The zero-order valence-corrected chi connectivity index (χ0v) is 17.5. The molecule has 0 aromatic heterocycles. The second-order valence-corrected chi connectivity index (χ2v) is 7.17. The van der Waals surface area contributed by atoms with E-state index < -0.39 is 5.97 Å².